The van der Waals surface area contributed by atoms with Crippen molar-refractivity contribution in [1.82, 2.24) is 10.6 Å². The van der Waals surface area contributed by atoms with Gasteiger partial charge < -0.3 is 35.5 Å². The Morgan fingerprint density at radius 3 is 2.39 bits per heavy atom. The summed E-state index contributed by atoms with van der Waals surface area (Å²) in [5.41, 5.74) is 1.78. The van der Waals surface area contributed by atoms with E-state index in [1.54, 1.807) is 31.2 Å². The summed E-state index contributed by atoms with van der Waals surface area (Å²) in [6.07, 6.45) is 3.44. The highest BCUT2D eigenvalue weighted by Crippen LogP contribution is 2.20. The van der Waals surface area contributed by atoms with E-state index in [0.717, 1.165) is 24.1 Å². The van der Waals surface area contributed by atoms with Crippen LogP contribution in [0.15, 0.2) is 65.0 Å². The number of carbonyl (C=O) groups is 2. The monoisotopic (exact) mass is 610 g/mol. The fourth-order valence-electron chi connectivity index (χ4n) is 4.07. The molecule has 13 heteroatoms. The normalized spacial score (nSPS) is 14.3. The molecular weight excluding hydrogens is 568 g/mol. The van der Waals surface area contributed by atoms with Gasteiger partial charge in [-0.05, 0) is 95.3 Å². The van der Waals surface area contributed by atoms with Crippen molar-refractivity contribution < 1.29 is 28.7 Å². The molecule has 0 fully saturated rings. The number of anilines is 2. The van der Waals surface area contributed by atoms with E-state index in [2.05, 4.69) is 26.3 Å². The van der Waals surface area contributed by atoms with Crippen molar-refractivity contribution in [2.75, 3.05) is 30.4 Å². The zero-order chi connectivity index (χ0) is 32.0. The minimum Gasteiger partial charge on any atom is -0.494 e. The number of hydrogen-bond acceptors (Lipinski definition) is 11. The van der Waals surface area contributed by atoms with E-state index in [9.17, 15) is 19.7 Å². The molecule has 44 heavy (non-hydrogen) atoms. The second-order valence-corrected chi connectivity index (χ2v) is 11.0. The number of aliphatic imine (C=N–C) groups is 1. The van der Waals surface area contributed by atoms with E-state index < -0.39 is 22.9 Å². The molecule has 2 aromatic carbocycles. The fourth-order valence-corrected chi connectivity index (χ4v) is 4.07. The quantitative estimate of drug-likeness (QED) is 0.0861. The predicted octanol–water partition coefficient (Wildman–Crippen LogP) is 5.18. The number of nitrogens with zero attached hydrogens (tertiary/aromatic N) is 2. The molecule has 1 amide bonds. The Balaban J connectivity index is 1.46. The summed E-state index contributed by atoms with van der Waals surface area (Å²) >= 11 is 0. The molecular formula is C31H42N6O7. The molecule has 1 aliphatic heterocycles. The lowest BCUT2D eigenvalue weighted by Gasteiger charge is -2.23. The number of allylic oxidation sites excluding steroid dienone is 1. The van der Waals surface area contributed by atoms with Crippen molar-refractivity contribution in [2.45, 2.75) is 71.7 Å². The fraction of sp³-hybridized carbons (Fsp3) is 0.452. The Kier molecular flexibility index (Phi) is 12.8. The molecule has 1 aliphatic rings. The van der Waals surface area contributed by atoms with Crippen LogP contribution in [-0.2, 0) is 20.7 Å². The van der Waals surface area contributed by atoms with Gasteiger partial charge in [-0.2, -0.15) is 0 Å². The first-order valence-electron chi connectivity index (χ1n) is 14.7. The standard InChI is InChI=1S/C31H42N6O7/c1-5-42-27(38)10-6-7-20-43-25-17-15-23(16-18-25)34-28-26(37(40)41)21-33-29(36-28)35-24-13-11-22(12-14-24)9-8-19-32-30(39)44-31(2,3)4/h11-18,21,29,34-36H,5-10,19-20H2,1-4H3,(H,32,39). The van der Waals surface area contributed by atoms with Crippen LogP contribution >= 0.6 is 0 Å². The highest BCUT2D eigenvalue weighted by molar-refractivity contribution is 5.79. The molecule has 0 radical (unpaired) electrons. The van der Waals surface area contributed by atoms with Gasteiger partial charge in [0.1, 0.15) is 17.6 Å². The molecule has 238 valence electrons. The van der Waals surface area contributed by atoms with Crippen LogP contribution in [0.2, 0.25) is 0 Å². The summed E-state index contributed by atoms with van der Waals surface area (Å²) in [4.78, 5) is 38.5. The Labute approximate surface area is 257 Å². The predicted molar refractivity (Wildman–Crippen MR) is 168 cm³/mol. The SMILES string of the molecule is CCOC(=O)CCCCOc1ccc(NC2=C([N+](=O)[O-])C=NC(Nc3ccc(CCCNC(=O)OC(C)(C)C)cc3)N2)cc1. The number of unbranched alkanes of at least 4 members (excludes halogenated alkanes) is 1. The smallest absolute Gasteiger partial charge is 0.407 e. The van der Waals surface area contributed by atoms with Crippen LogP contribution in [-0.4, -0.2) is 54.8 Å². The van der Waals surface area contributed by atoms with E-state index >= 15 is 0 Å². The number of benzene rings is 2. The number of amides is 1. The Morgan fingerprint density at radius 1 is 1.02 bits per heavy atom. The molecule has 1 atom stereocenters. The van der Waals surface area contributed by atoms with Crippen molar-refractivity contribution in [3.63, 3.8) is 0 Å². The van der Waals surface area contributed by atoms with Gasteiger partial charge in [0.05, 0.1) is 18.1 Å². The molecule has 0 aromatic heterocycles. The maximum absolute atomic E-state index is 11.8. The lowest BCUT2D eigenvalue weighted by molar-refractivity contribution is -0.415. The van der Waals surface area contributed by atoms with Gasteiger partial charge in [0.15, 0.2) is 12.1 Å². The van der Waals surface area contributed by atoms with Crippen LogP contribution in [0.1, 0.15) is 58.9 Å². The largest absolute Gasteiger partial charge is 0.494 e. The average molecular weight is 611 g/mol. The third kappa shape index (κ3) is 12.2. The van der Waals surface area contributed by atoms with Gasteiger partial charge in [-0.3, -0.25) is 14.9 Å². The zero-order valence-electron chi connectivity index (χ0n) is 25.7. The van der Waals surface area contributed by atoms with E-state index in [4.69, 9.17) is 14.2 Å². The van der Waals surface area contributed by atoms with E-state index in [1.165, 1.54) is 6.21 Å². The Hall–Kier alpha value is -4.81. The highest BCUT2D eigenvalue weighted by Gasteiger charge is 2.24. The summed E-state index contributed by atoms with van der Waals surface area (Å²) in [5.74, 6) is 0.640. The number of aryl methyl sites for hydroxylation is 1. The highest BCUT2D eigenvalue weighted by atomic mass is 16.6. The van der Waals surface area contributed by atoms with Gasteiger partial charge in [-0.15, -0.1) is 0 Å². The summed E-state index contributed by atoms with van der Waals surface area (Å²) in [6.45, 7) is 8.59. The summed E-state index contributed by atoms with van der Waals surface area (Å²) in [7, 11) is 0. The minimum absolute atomic E-state index is 0.194. The van der Waals surface area contributed by atoms with Gasteiger partial charge >= 0.3 is 17.8 Å². The maximum atomic E-state index is 11.8. The van der Waals surface area contributed by atoms with Gasteiger partial charge in [0, 0.05) is 24.3 Å². The Bertz CT molecular complexity index is 1300. The number of esters is 1. The first-order valence-corrected chi connectivity index (χ1v) is 14.7. The van der Waals surface area contributed by atoms with Crippen molar-refractivity contribution in [1.29, 1.82) is 0 Å². The van der Waals surface area contributed by atoms with Crippen LogP contribution in [0.3, 0.4) is 0 Å². The topological polar surface area (TPSA) is 165 Å². The zero-order valence-corrected chi connectivity index (χ0v) is 25.7. The molecule has 4 N–H and O–H groups in total. The third-order valence-electron chi connectivity index (χ3n) is 6.12. The lowest BCUT2D eigenvalue weighted by Crippen LogP contribution is -2.41. The maximum Gasteiger partial charge on any atom is 0.407 e. The third-order valence-corrected chi connectivity index (χ3v) is 6.12. The molecule has 0 aliphatic carbocycles. The molecule has 0 saturated heterocycles. The molecule has 0 spiro atoms. The van der Waals surface area contributed by atoms with E-state index in [0.29, 0.717) is 50.5 Å². The molecule has 2 aromatic rings. The van der Waals surface area contributed by atoms with E-state index in [-0.39, 0.29) is 17.5 Å². The van der Waals surface area contributed by atoms with Crippen molar-refractivity contribution in [3.8, 4) is 5.75 Å². The van der Waals surface area contributed by atoms with Crippen molar-refractivity contribution in [3.05, 3.63) is 75.7 Å². The second-order valence-electron chi connectivity index (χ2n) is 11.0. The first kappa shape index (κ1) is 33.7. The number of carbonyl (C=O) groups excluding carboxylic acids is 2. The first-order chi connectivity index (χ1) is 21.0. The molecule has 1 unspecified atom stereocenters. The summed E-state index contributed by atoms with van der Waals surface area (Å²) in [6, 6.07) is 14.8. The number of hydrogen-bond donors (Lipinski definition) is 4. The van der Waals surface area contributed by atoms with Crippen LogP contribution in [0.5, 0.6) is 5.75 Å². The molecule has 13 nitrogen and oxygen atoms in total. The van der Waals surface area contributed by atoms with Crippen LogP contribution < -0.4 is 26.0 Å². The number of nitro groups is 1. The average Bonchev–Trinajstić information content (AvgIpc) is 2.96. The molecule has 0 saturated carbocycles. The van der Waals surface area contributed by atoms with Crippen LogP contribution in [0.4, 0.5) is 16.2 Å². The molecule has 0 bridgehead atoms. The molecule has 1 heterocycles. The lowest BCUT2D eigenvalue weighted by atomic mass is 10.1. The van der Waals surface area contributed by atoms with E-state index in [1.807, 2.05) is 45.0 Å². The van der Waals surface area contributed by atoms with Crippen LogP contribution in [0, 0.1) is 10.1 Å². The van der Waals surface area contributed by atoms with Gasteiger partial charge in [0.2, 0.25) is 0 Å². The second kappa shape index (κ2) is 16.7. The number of rotatable bonds is 16. The van der Waals surface area contributed by atoms with Gasteiger partial charge in [-0.25, -0.2) is 9.79 Å². The number of alkyl carbamates (subject to hydrolysis) is 1. The van der Waals surface area contributed by atoms with Crippen molar-refractivity contribution in [2.24, 2.45) is 4.99 Å². The van der Waals surface area contributed by atoms with Crippen LogP contribution in [0.25, 0.3) is 0 Å². The Morgan fingerprint density at radius 2 is 1.73 bits per heavy atom. The molecule has 3 rings (SSSR count). The van der Waals surface area contributed by atoms with Crippen molar-refractivity contribution >= 4 is 29.7 Å². The minimum atomic E-state index is -0.637. The summed E-state index contributed by atoms with van der Waals surface area (Å²) in [5, 5.41) is 23.7. The van der Waals surface area contributed by atoms with Gasteiger partial charge in [-0.1, -0.05) is 12.1 Å². The number of nitrogens with one attached hydrogen (secondary N) is 4. The number of ether oxygens (including phenoxy) is 3. The van der Waals surface area contributed by atoms with Gasteiger partial charge in [0.25, 0.3) is 0 Å². The summed E-state index contributed by atoms with van der Waals surface area (Å²) < 4.78 is 15.9.